The molecule has 1 aromatic carbocycles. The highest BCUT2D eigenvalue weighted by atomic mass is 16.3. The van der Waals surface area contributed by atoms with Crippen molar-refractivity contribution in [3.05, 3.63) is 42.1 Å². The summed E-state index contributed by atoms with van der Waals surface area (Å²) in [4.78, 5) is 22.8. The minimum absolute atomic E-state index is 0.114. The van der Waals surface area contributed by atoms with Crippen molar-refractivity contribution in [2.24, 2.45) is 0 Å². The number of hydrogen-bond donors (Lipinski definition) is 2. The third-order valence-corrected chi connectivity index (χ3v) is 4.10. The lowest BCUT2D eigenvalue weighted by molar-refractivity contribution is 0.0913. The van der Waals surface area contributed by atoms with Crippen molar-refractivity contribution in [2.75, 3.05) is 20.1 Å². The average Bonchev–Trinajstić information content (AvgIpc) is 2.57. The Bertz CT molecular complexity index is 682. The van der Waals surface area contributed by atoms with Crippen LogP contribution in [-0.2, 0) is 0 Å². The summed E-state index contributed by atoms with van der Waals surface area (Å²) in [6, 6.07) is 9.48. The number of nitrogens with one attached hydrogen (secondary N) is 1. The molecule has 0 atom stereocenters. The van der Waals surface area contributed by atoms with Gasteiger partial charge in [-0.05, 0) is 33.0 Å². The smallest absolute Gasteiger partial charge is 0.258 e. The normalized spacial score (nSPS) is 16.2. The van der Waals surface area contributed by atoms with Crippen LogP contribution in [0.1, 0.15) is 23.2 Å². The molecule has 0 radical (unpaired) electrons. The third kappa shape index (κ3) is 3.65. The number of benzene rings is 1. The van der Waals surface area contributed by atoms with Crippen LogP contribution in [0, 0.1) is 0 Å². The molecule has 2 aromatic rings. The van der Waals surface area contributed by atoms with Crippen molar-refractivity contribution in [3.63, 3.8) is 0 Å². The Hall–Kier alpha value is -2.47. The third-order valence-electron chi connectivity index (χ3n) is 4.10. The zero-order valence-electron chi connectivity index (χ0n) is 13.1. The summed E-state index contributed by atoms with van der Waals surface area (Å²) < 4.78 is 0. The Morgan fingerprint density at radius 1 is 1.26 bits per heavy atom. The lowest BCUT2D eigenvalue weighted by atomic mass is 10.1. The molecule has 0 saturated carbocycles. The van der Waals surface area contributed by atoms with Crippen molar-refractivity contribution >= 4 is 5.91 Å². The Kier molecular flexibility index (Phi) is 4.52. The Morgan fingerprint density at radius 3 is 2.61 bits per heavy atom. The highest BCUT2D eigenvalue weighted by Crippen LogP contribution is 2.20. The molecule has 1 saturated heterocycles. The predicted molar refractivity (Wildman–Crippen MR) is 87.1 cm³/mol. The molecular formula is C17H20N4O2. The van der Waals surface area contributed by atoms with Gasteiger partial charge in [-0.15, -0.1) is 0 Å². The number of carbonyl (C=O) groups is 1. The SMILES string of the molecule is CN1CCC(NC(=O)c2cnc(-c3ccccc3)nc2O)CC1. The van der Waals surface area contributed by atoms with Gasteiger partial charge in [0.15, 0.2) is 5.82 Å². The standard InChI is InChI=1S/C17H20N4O2/c1-21-9-7-13(8-10-21)19-16(22)14-11-18-15(20-17(14)23)12-5-3-2-4-6-12/h2-6,11,13H,7-10H2,1H3,(H,19,22)(H,18,20,23). The number of amides is 1. The summed E-state index contributed by atoms with van der Waals surface area (Å²) >= 11 is 0. The first kappa shape index (κ1) is 15.4. The van der Waals surface area contributed by atoms with Gasteiger partial charge >= 0.3 is 0 Å². The molecule has 1 aliphatic rings. The van der Waals surface area contributed by atoms with Crippen molar-refractivity contribution < 1.29 is 9.90 Å². The Labute approximate surface area is 135 Å². The van der Waals surface area contributed by atoms with E-state index in [9.17, 15) is 9.90 Å². The summed E-state index contributed by atoms with van der Waals surface area (Å²) in [5.74, 6) is -0.208. The second-order valence-electron chi connectivity index (χ2n) is 5.85. The van der Waals surface area contributed by atoms with Crippen LogP contribution in [-0.4, -0.2) is 52.1 Å². The number of rotatable bonds is 3. The number of hydrogen-bond acceptors (Lipinski definition) is 5. The number of carbonyl (C=O) groups excluding carboxylic acids is 1. The lowest BCUT2D eigenvalue weighted by Crippen LogP contribution is -2.43. The van der Waals surface area contributed by atoms with E-state index in [1.54, 1.807) is 0 Å². The number of nitrogens with zero attached hydrogens (tertiary/aromatic N) is 3. The zero-order valence-corrected chi connectivity index (χ0v) is 13.1. The highest BCUT2D eigenvalue weighted by Gasteiger charge is 2.21. The van der Waals surface area contributed by atoms with Crippen LogP contribution in [0.4, 0.5) is 0 Å². The van der Waals surface area contributed by atoms with E-state index in [4.69, 9.17) is 0 Å². The van der Waals surface area contributed by atoms with Crippen LogP contribution in [0.3, 0.4) is 0 Å². The van der Waals surface area contributed by atoms with Crippen LogP contribution in [0.15, 0.2) is 36.5 Å². The molecule has 1 amide bonds. The van der Waals surface area contributed by atoms with E-state index in [1.807, 2.05) is 30.3 Å². The number of aromatic nitrogens is 2. The van der Waals surface area contributed by atoms with Gasteiger partial charge in [-0.25, -0.2) is 4.98 Å². The first-order valence-electron chi connectivity index (χ1n) is 7.74. The molecule has 2 N–H and O–H groups in total. The number of likely N-dealkylation sites (tertiary alicyclic amines) is 1. The van der Waals surface area contributed by atoms with Crippen molar-refractivity contribution in [2.45, 2.75) is 18.9 Å². The van der Waals surface area contributed by atoms with E-state index in [2.05, 4.69) is 27.2 Å². The van der Waals surface area contributed by atoms with Gasteiger partial charge in [0, 0.05) is 17.8 Å². The summed E-state index contributed by atoms with van der Waals surface area (Å²) in [5.41, 5.74) is 0.911. The van der Waals surface area contributed by atoms with Crippen LogP contribution >= 0.6 is 0 Å². The number of aromatic hydroxyl groups is 1. The molecule has 0 aliphatic carbocycles. The van der Waals surface area contributed by atoms with Gasteiger partial charge < -0.3 is 15.3 Å². The van der Waals surface area contributed by atoms with Crippen LogP contribution in [0.2, 0.25) is 0 Å². The molecule has 6 heteroatoms. The summed E-state index contributed by atoms with van der Waals surface area (Å²) in [5, 5.41) is 13.0. The maximum absolute atomic E-state index is 12.3. The molecule has 3 rings (SSSR count). The summed E-state index contributed by atoms with van der Waals surface area (Å²) in [7, 11) is 2.07. The van der Waals surface area contributed by atoms with Crippen LogP contribution < -0.4 is 5.32 Å². The van der Waals surface area contributed by atoms with Gasteiger partial charge in [0.25, 0.3) is 5.91 Å². The van der Waals surface area contributed by atoms with E-state index in [0.29, 0.717) is 5.82 Å². The minimum Gasteiger partial charge on any atom is -0.493 e. The van der Waals surface area contributed by atoms with Crippen LogP contribution in [0.25, 0.3) is 11.4 Å². The Morgan fingerprint density at radius 2 is 1.96 bits per heavy atom. The summed E-state index contributed by atoms with van der Waals surface area (Å²) in [6.07, 6.45) is 3.20. The fourth-order valence-electron chi connectivity index (χ4n) is 2.68. The highest BCUT2D eigenvalue weighted by molar-refractivity contribution is 5.96. The van der Waals surface area contributed by atoms with E-state index >= 15 is 0 Å². The maximum atomic E-state index is 12.3. The fourth-order valence-corrected chi connectivity index (χ4v) is 2.68. The molecule has 0 unspecified atom stereocenters. The molecule has 1 aliphatic heterocycles. The zero-order chi connectivity index (χ0) is 16.2. The predicted octanol–water partition coefficient (Wildman–Crippen LogP) is 1.67. The topological polar surface area (TPSA) is 78.4 Å². The van der Waals surface area contributed by atoms with E-state index in [-0.39, 0.29) is 23.4 Å². The van der Waals surface area contributed by atoms with Crippen molar-refractivity contribution in [1.82, 2.24) is 20.2 Å². The number of piperidine rings is 1. The summed E-state index contributed by atoms with van der Waals surface area (Å²) in [6.45, 7) is 1.92. The van der Waals surface area contributed by atoms with Crippen LogP contribution in [0.5, 0.6) is 5.88 Å². The first-order valence-corrected chi connectivity index (χ1v) is 7.74. The monoisotopic (exact) mass is 312 g/mol. The minimum atomic E-state index is -0.323. The van der Waals surface area contributed by atoms with Crippen molar-refractivity contribution in [1.29, 1.82) is 0 Å². The first-order chi connectivity index (χ1) is 11.1. The molecule has 0 bridgehead atoms. The Balaban J connectivity index is 1.72. The average molecular weight is 312 g/mol. The van der Waals surface area contributed by atoms with Gasteiger partial charge in [-0.3, -0.25) is 4.79 Å². The quantitative estimate of drug-likeness (QED) is 0.901. The van der Waals surface area contributed by atoms with Gasteiger partial charge in [0.1, 0.15) is 5.56 Å². The second-order valence-corrected chi connectivity index (χ2v) is 5.85. The van der Waals surface area contributed by atoms with Crippen molar-refractivity contribution in [3.8, 4) is 17.3 Å². The maximum Gasteiger partial charge on any atom is 0.258 e. The lowest BCUT2D eigenvalue weighted by Gasteiger charge is -2.29. The van der Waals surface area contributed by atoms with Gasteiger partial charge in [-0.2, -0.15) is 4.98 Å². The van der Waals surface area contributed by atoms with Gasteiger partial charge in [0.2, 0.25) is 5.88 Å². The van der Waals surface area contributed by atoms with E-state index in [1.165, 1.54) is 6.20 Å². The van der Waals surface area contributed by atoms with E-state index < -0.39 is 0 Å². The second kappa shape index (κ2) is 6.75. The molecule has 1 fully saturated rings. The molecule has 2 heterocycles. The molecule has 120 valence electrons. The molecule has 1 aromatic heterocycles. The molecule has 23 heavy (non-hydrogen) atoms. The fraction of sp³-hybridized carbons (Fsp3) is 0.353. The van der Waals surface area contributed by atoms with Gasteiger partial charge in [0.05, 0.1) is 0 Å². The molecular weight excluding hydrogens is 292 g/mol. The van der Waals surface area contributed by atoms with E-state index in [0.717, 1.165) is 31.5 Å². The molecule has 0 spiro atoms. The largest absolute Gasteiger partial charge is 0.493 e. The van der Waals surface area contributed by atoms with Gasteiger partial charge in [-0.1, -0.05) is 30.3 Å². The molecule has 6 nitrogen and oxygen atoms in total.